The third-order valence-electron chi connectivity index (χ3n) is 3.91. The fourth-order valence-electron chi connectivity index (χ4n) is 2.44. The van der Waals surface area contributed by atoms with E-state index in [1.807, 2.05) is 0 Å². The van der Waals surface area contributed by atoms with Gasteiger partial charge >= 0.3 is 5.97 Å². The van der Waals surface area contributed by atoms with Crippen molar-refractivity contribution in [2.24, 2.45) is 12.5 Å². The fourth-order valence-corrected chi connectivity index (χ4v) is 2.44. The highest BCUT2D eigenvalue weighted by atomic mass is 16.4. The number of aliphatic carboxylic acids is 1. The standard InChI is InChI=1S/C14H18N2O4/c1-9(17)10-6-11(15(3)7-10)12(18)16-5-4-14(2,8-16)13(19)20/h6-7H,4-5,8H2,1-3H3,(H,19,20). The number of likely N-dealkylation sites (tertiary alicyclic amines) is 1. The minimum atomic E-state index is -0.885. The summed E-state index contributed by atoms with van der Waals surface area (Å²) in [6.45, 7) is 3.71. The molecule has 0 aromatic carbocycles. The molecule has 1 unspecified atom stereocenters. The molecule has 1 fully saturated rings. The average molecular weight is 278 g/mol. The maximum absolute atomic E-state index is 12.4. The van der Waals surface area contributed by atoms with Crippen molar-refractivity contribution in [2.75, 3.05) is 13.1 Å². The van der Waals surface area contributed by atoms with Crippen molar-refractivity contribution in [2.45, 2.75) is 20.3 Å². The van der Waals surface area contributed by atoms with Crippen molar-refractivity contribution in [3.63, 3.8) is 0 Å². The molecule has 1 amide bonds. The summed E-state index contributed by atoms with van der Waals surface area (Å²) in [7, 11) is 1.70. The Balaban J connectivity index is 2.21. The Morgan fingerprint density at radius 2 is 2.00 bits per heavy atom. The van der Waals surface area contributed by atoms with E-state index in [4.69, 9.17) is 0 Å². The Labute approximate surface area is 117 Å². The minimum Gasteiger partial charge on any atom is -0.481 e. The third-order valence-corrected chi connectivity index (χ3v) is 3.91. The first kappa shape index (κ1) is 14.3. The molecule has 1 aliphatic heterocycles. The van der Waals surface area contributed by atoms with Crippen LogP contribution in [0.25, 0.3) is 0 Å². The molecular formula is C14H18N2O4. The number of carbonyl (C=O) groups is 3. The molecule has 0 radical (unpaired) electrons. The predicted molar refractivity (Wildman–Crippen MR) is 71.7 cm³/mol. The van der Waals surface area contributed by atoms with E-state index in [0.29, 0.717) is 24.2 Å². The predicted octanol–water partition coefficient (Wildman–Crippen LogP) is 1.16. The second-order valence-electron chi connectivity index (χ2n) is 5.62. The van der Waals surface area contributed by atoms with Crippen molar-refractivity contribution in [3.8, 4) is 0 Å². The molecule has 1 N–H and O–H groups in total. The van der Waals surface area contributed by atoms with E-state index in [2.05, 4.69) is 0 Å². The first-order valence-corrected chi connectivity index (χ1v) is 6.44. The van der Waals surface area contributed by atoms with Gasteiger partial charge in [-0.15, -0.1) is 0 Å². The molecule has 108 valence electrons. The molecule has 2 heterocycles. The van der Waals surface area contributed by atoms with Crippen LogP contribution in [0, 0.1) is 5.41 Å². The highest BCUT2D eigenvalue weighted by Gasteiger charge is 2.42. The largest absolute Gasteiger partial charge is 0.481 e. The molecule has 6 nitrogen and oxygen atoms in total. The number of aryl methyl sites for hydroxylation is 1. The summed E-state index contributed by atoms with van der Waals surface area (Å²) in [5.74, 6) is -1.22. The maximum atomic E-state index is 12.4. The molecule has 6 heteroatoms. The van der Waals surface area contributed by atoms with Crippen molar-refractivity contribution in [3.05, 3.63) is 23.5 Å². The van der Waals surface area contributed by atoms with Gasteiger partial charge in [-0.25, -0.2) is 0 Å². The molecule has 0 aliphatic carbocycles. The van der Waals surface area contributed by atoms with Gasteiger partial charge in [0.2, 0.25) is 0 Å². The summed E-state index contributed by atoms with van der Waals surface area (Å²) in [5, 5.41) is 9.19. The van der Waals surface area contributed by atoms with E-state index in [9.17, 15) is 19.5 Å². The van der Waals surface area contributed by atoms with E-state index in [0.717, 1.165) is 0 Å². The highest BCUT2D eigenvalue weighted by Crippen LogP contribution is 2.31. The van der Waals surface area contributed by atoms with Crippen molar-refractivity contribution >= 4 is 17.7 Å². The van der Waals surface area contributed by atoms with Crippen LogP contribution in [0.5, 0.6) is 0 Å². The van der Waals surface area contributed by atoms with Gasteiger partial charge < -0.3 is 14.6 Å². The van der Waals surface area contributed by atoms with E-state index in [1.54, 1.807) is 30.8 Å². The first-order valence-electron chi connectivity index (χ1n) is 6.44. The van der Waals surface area contributed by atoms with Crippen LogP contribution in [0.2, 0.25) is 0 Å². The zero-order chi connectivity index (χ0) is 15.1. The lowest BCUT2D eigenvalue weighted by Crippen LogP contribution is -2.35. The zero-order valence-electron chi connectivity index (χ0n) is 11.8. The van der Waals surface area contributed by atoms with Crippen LogP contribution in [0.3, 0.4) is 0 Å². The lowest BCUT2D eigenvalue weighted by molar-refractivity contribution is -0.147. The van der Waals surface area contributed by atoms with Gasteiger partial charge in [0.05, 0.1) is 5.41 Å². The van der Waals surface area contributed by atoms with Crippen LogP contribution in [0.1, 0.15) is 41.1 Å². The number of amides is 1. The number of hydrogen-bond donors (Lipinski definition) is 1. The van der Waals surface area contributed by atoms with Crippen LogP contribution < -0.4 is 0 Å². The summed E-state index contributed by atoms with van der Waals surface area (Å²) in [4.78, 5) is 36.5. The summed E-state index contributed by atoms with van der Waals surface area (Å²) in [6, 6.07) is 1.56. The number of carbonyl (C=O) groups excluding carboxylic acids is 2. The molecule has 1 saturated heterocycles. The molecule has 1 aromatic heterocycles. The molecule has 0 spiro atoms. The highest BCUT2D eigenvalue weighted by molar-refractivity contribution is 5.99. The van der Waals surface area contributed by atoms with Gasteiger partial charge in [-0.2, -0.15) is 0 Å². The quantitative estimate of drug-likeness (QED) is 0.841. The van der Waals surface area contributed by atoms with Crippen molar-refractivity contribution in [1.29, 1.82) is 0 Å². The van der Waals surface area contributed by atoms with Crippen LogP contribution in [-0.4, -0.2) is 45.3 Å². The zero-order valence-corrected chi connectivity index (χ0v) is 11.8. The van der Waals surface area contributed by atoms with Gasteiger partial charge in [-0.05, 0) is 26.3 Å². The molecule has 0 saturated carbocycles. The number of carboxylic acid groups (broad SMARTS) is 1. The Morgan fingerprint density at radius 1 is 1.35 bits per heavy atom. The van der Waals surface area contributed by atoms with Crippen LogP contribution in [0.15, 0.2) is 12.3 Å². The van der Waals surface area contributed by atoms with Gasteiger partial charge in [0.1, 0.15) is 5.69 Å². The van der Waals surface area contributed by atoms with Gasteiger partial charge in [-0.3, -0.25) is 14.4 Å². The van der Waals surface area contributed by atoms with E-state index in [1.165, 1.54) is 11.8 Å². The van der Waals surface area contributed by atoms with Gasteiger partial charge in [0, 0.05) is 31.9 Å². The van der Waals surface area contributed by atoms with E-state index >= 15 is 0 Å². The molecule has 20 heavy (non-hydrogen) atoms. The summed E-state index contributed by atoms with van der Waals surface area (Å²) >= 11 is 0. The lowest BCUT2D eigenvalue weighted by atomic mass is 9.90. The fraction of sp³-hybridized carbons (Fsp3) is 0.500. The van der Waals surface area contributed by atoms with Crippen molar-refractivity contribution in [1.82, 2.24) is 9.47 Å². The number of ketones is 1. The molecular weight excluding hydrogens is 260 g/mol. The second kappa shape index (κ2) is 4.77. The third kappa shape index (κ3) is 2.33. The lowest BCUT2D eigenvalue weighted by Gasteiger charge is -2.20. The topological polar surface area (TPSA) is 79.6 Å². The number of hydrogen-bond acceptors (Lipinski definition) is 3. The van der Waals surface area contributed by atoms with Gasteiger partial charge in [-0.1, -0.05) is 0 Å². The number of nitrogens with zero attached hydrogens (tertiary/aromatic N) is 2. The normalized spacial score (nSPS) is 22.1. The van der Waals surface area contributed by atoms with Crippen LogP contribution >= 0.6 is 0 Å². The molecule has 2 rings (SSSR count). The number of aromatic nitrogens is 1. The van der Waals surface area contributed by atoms with Gasteiger partial charge in [0.25, 0.3) is 5.91 Å². The van der Waals surface area contributed by atoms with E-state index in [-0.39, 0.29) is 18.2 Å². The Kier molecular flexibility index (Phi) is 3.41. The molecule has 1 aromatic rings. The maximum Gasteiger partial charge on any atom is 0.311 e. The summed E-state index contributed by atoms with van der Waals surface area (Å²) in [6.07, 6.45) is 2.06. The van der Waals surface area contributed by atoms with Crippen molar-refractivity contribution < 1.29 is 19.5 Å². The van der Waals surface area contributed by atoms with Gasteiger partial charge in [0.15, 0.2) is 5.78 Å². The van der Waals surface area contributed by atoms with Crippen LogP contribution in [0.4, 0.5) is 0 Å². The molecule has 0 bridgehead atoms. The summed E-state index contributed by atoms with van der Waals surface area (Å²) < 4.78 is 1.61. The number of Topliss-reactive ketones (excluding diaryl/α,β-unsaturated/α-hetero) is 1. The SMILES string of the molecule is CC(=O)c1cc(C(=O)N2CCC(C)(C(=O)O)C2)n(C)c1. The Bertz CT molecular complexity index is 590. The van der Waals surface area contributed by atoms with Crippen LogP contribution in [-0.2, 0) is 11.8 Å². The number of rotatable bonds is 3. The Morgan fingerprint density at radius 3 is 2.45 bits per heavy atom. The molecule has 1 atom stereocenters. The first-order chi connectivity index (χ1) is 9.24. The second-order valence-corrected chi connectivity index (χ2v) is 5.62. The number of carboxylic acids is 1. The minimum absolute atomic E-state index is 0.101. The average Bonchev–Trinajstić information content (AvgIpc) is 2.93. The van der Waals surface area contributed by atoms with E-state index < -0.39 is 11.4 Å². The molecule has 1 aliphatic rings. The monoisotopic (exact) mass is 278 g/mol. The smallest absolute Gasteiger partial charge is 0.311 e. The summed E-state index contributed by atoms with van der Waals surface area (Å²) in [5.41, 5.74) is 0.00501. The Hall–Kier alpha value is -2.11.